The van der Waals surface area contributed by atoms with Crippen LogP contribution in [-0.2, 0) is 0 Å². The van der Waals surface area contributed by atoms with E-state index in [1.807, 2.05) is 18.2 Å². The van der Waals surface area contributed by atoms with E-state index < -0.39 is 0 Å². The van der Waals surface area contributed by atoms with Gasteiger partial charge < -0.3 is 10.6 Å². The Bertz CT molecular complexity index is 671. The summed E-state index contributed by atoms with van der Waals surface area (Å²) in [6, 6.07) is 8.19. The zero-order valence-corrected chi connectivity index (χ0v) is 13.9. The Labute approximate surface area is 133 Å². The lowest BCUT2D eigenvalue weighted by molar-refractivity contribution is 0.613. The summed E-state index contributed by atoms with van der Waals surface area (Å²) in [7, 11) is 0. The molecule has 110 valence electrons. The van der Waals surface area contributed by atoms with Gasteiger partial charge in [0.25, 0.3) is 0 Å². The van der Waals surface area contributed by atoms with Gasteiger partial charge in [0, 0.05) is 22.9 Å². The molecule has 2 rings (SSSR count). The number of rotatable bonds is 5. The van der Waals surface area contributed by atoms with Crippen LogP contribution in [0.3, 0.4) is 0 Å². The van der Waals surface area contributed by atoms with Crippen molar-refractivity contribution in [2.75, 3.05) is 23.7 Å². The van der Waals surface area contributed by atoms with Crippen LogP contribution in [0, 0.1) is 17.2 Å². The van der Waals surface area contributed by atoms with Crippen molar-refractivity contribution in [3.8, 4) is 6.07 Å². The molecule has 0 atom stereocenters. The molecule has 4 nitrogen and oxygen atoms in total. The van der Waals surface area contributed by atoms with Gasteiger partial charge in [-0.05, 0) is 24.1 Å². The van der Waals surface area contributed by atoms with E-state index in [1.165, 1.54) is 0 Å². The first-order valence-electron chi connectivity index (χ1n) is 6.98. The number of nitrogen functional groups attached to an aromatic ring is 1. The Hall–Kier alpha value is -1.80. The summed E-state index contributed by atoms with van der Waals surface area (Å²) in [6.45, 7) is 5.85. The fourth-order valence-electron chi connectivity index (χ4n) is 2.44. The van der Waals surface area contributed by atoms with Crippen molar-refractivity contribution in [1.82, 2.24) is 4.98 Å². The van der Waals surface area contributed by atoms with E-state index in [0.717, 1.165) is 27.6 Å². The number of nitrogens with two attached hydrogens (primary N) is 1. The highest BCUT2D eigenvalue weighted by Gasteiger charge is 2.16. The van der Waals surface area contributed by atoms with Gasteiger partial charge in [-0.15, -0.1) is 0 Å². The average molecular weight is 347 g/mol. The summed E-state index contributed by atoms with van der Waals surface area (Å²) in [5.74, 6) is 0.485. The predicted octanol–water partition coefficient (Wildman–Crippen LogP) is 3.96. The number of halogens is 1. The number of pyridine rings is 1. The van der Waals surface area contributed by atoms with Crippen LogP contribution < -0.4 is 10.6 Å². The van der Waals surface area contributed by atoms with Crippen LogP contribution in [-0.4, -0.2) is 18.1 Å². The average Bonchev–Trinajstić information content (AvgIpc) is 2.43. The maximum Gasteiger partial charge on any atom is 0.0745 e. The van der Waals surface area contributed by atoms with Gasteiger partial charge in [-0.1, -0.05) is 29.8 Å². The summed E-state index contributed by atoms with van der Waals surface area (Å²) in [4.78, 5) is 6.58. The Kier molecular flexibility index (Phi) is 5.03. The van der Waals surface area contributed by atoms with Crippen LogP contribution in [0.15, 0.2) is 28.9 Å². The van der Waals surface area contributed by atoms with Gasteiger partial charge in [0.05, 0.1) is 35.6 Å². The standard InChI is InChI=1S/C16H19BrN4/c1-11(2)10-21(7-3-6-18)16-13-8-12(17)4-5-15(13)20-9-14(16)19/h4-5,8-9,11H,3,7,10,19H2,1-2H3. The van der Waals surface area contributed by atoms with Crippen molar-refractivity contribution in [3.63, 3.8) is 0 Å². The van der Waals surface area contributed by atoms with E-state index >= 15 is 0 Å². The summed E-state index contributed by atoms with van der Waals surface area (Å²) in [5.41, 5.74) is 8.72. The molecule has 0 unspecified atom stereocenters. The lowest BCUT2D eigenvalue weighted by Crippen LogP contribution is -2.29. The van der Waals surface area contributed by atoms with E-state index in [2.05, 4.69) is 45.7 Å². The zero-order chi connectivity index (χ0) is 15.4. The van der Waals surface area contributed by atoms with Crippen LogP contribution >= 0.6 is 15.9 Å². The molecule has 2 N–H and O–H groups in total. The van der Waals surface area contributed by atoms with Crippen molar-refractivity contribution in [2.45, 2.75) is 20.3 Å². The maximum atomic E-state index is 8.90. The third-order valence-corrected chi connectivity index (χ3v) is 3.72. The predicted molar refractivity (Wildman–Crippen MR) is 91.1 cm³/mol. The fraction of sp³-hybridized carbons (Fsp3) is 0.375. The van der Waals surface area contributed by atoms with Crippen molar-refractivity contribution < 1.29 is 0 Å². The molecule has 0 saturated carbocycles. The molecule has 0 aliphatic carbocycles. The molecule has 0 saturated heterocycles. The summed E-state index contributed by atoms with van der Waals surface area (Å²) >= 11 is 3.50. The minimum absolute atomic E-state index is 0.476. The molecule has 2 aromatic rings. The van der Waals surface area contributed by atoms with Crippen molar-refractivity contribution in [2.24, 2.45) is 5.92 Å². The molecular weight excluding hydrogens is 328 g/mol. The van der Waals surface area contributed by atoms with Gasteiger partial charge >= 0.3 is 0 Å². The van der Waals surface area contributed by atoms with Gasteiger partial charge in [0.15, 0.2) is 0 Å². The van der Waals surface area contributed by atoms with Crippen molar-refractivity contribution in [1.29, 1.82) is 5.26 Å². The Morgan fingerprint density at radius 2 is 2.19 bits per heavy atom. The topological polar surface area (TPSA) is 65.9 Å². The third kappa shape index (κ3) is 3.64. The first kappa shape index (κ1) is 15.6. The fourth-order valence-corrected chi connectivity index (χ4v) is 2.80. The van der Waals surface area contributed by atoms with Crippen LogP contribution in [0.1, 0.15) is 20.3 Å². The second-order valence-electron chi connectivity index (χ2n) is 5.47. The van der Waals surface area contributed by atoms with Crippen LogP contribution in [0.2, 0.25) is 0 Å². The van der Waals surface area contributed by atoms with Gasteiger partial charge in [-0.3, -0.25) is 4.98 Å². The number of aromatic nitrogens is 1. The first-order chi connectivity index (χ1) is 10.0. The van der Waals surface area contributed by atoms with Crippen molar-refractivity contribution >= 4 is 38.2 Å². The normalized spacial score (nSPS) is 10.8. The van der Waals surface area contributed by atoms with Crippen molar-refractivity contribution in [3.05, 3.63) is 28.9 Å². The zero-order valence-electron chi connectivity index (χ0n) is 12.3. The monoisotopic (exact) mass is 346 g/mol. The molecular formula is C16H19BrN4. The third-order valence-electron chi connectivity index (χ3n) is 3.23. The number of nitrogens with zero attached hydrogens (tertiary/aromatic N) is 3. The van der Waals surface area contributed by atoms with Gasteiger partial charge in [-0.2, -0.15) is 5.26 Å². The largest absolute Gasteiger partial charge is 0.396 e. The van der Waals surface area contributed by atoms with Gasteiger partial charge in [0.2, 0.25) is 0 Å². The molecule has 0 aliphatic heterocycles. The molecule has 0 aliphatic rings. The van der Waals surface area contributed by atoms with E-state index in [9.17, 15) is 0 Å². The number of hydrogen-bond donors (Lipinski definition) is 1. The molecule has 21 heavy (non-hydrogen) atoms. The Morgan fingerprint density at radius 1 is 1.43 bits per heavy atom. The number of hydrogen-bond acceptors (Lipinski definition) is 4. The Morgan fingerprint density at radius 3 is 2.86 bits per heavy atom. The minimum Gasteiger partial charge on any atom is -0.396 e. The minimum atomic E-state index is 0.476. The number of nitriles is 1. The molecule has 1 aromatic carbocycles. The molecule has 0 amide bonds. The smallest absolute Gasteiger partial charge is 0.0745 e. The molecule has 0 spiro atoms. The molecule has 0 fully saturated rings. The van der Waals surface area contributed by atoms with E-state index in [0.29, 0.717) is 24.6 Å². The number of anilines is 2. The SMILES string of the molecule is CC(C)CN(CCC#N)c1c(N)cnc2ccc(Br)cc12. The molecule has 0 radical (unpaired) electrons. The second-order valence-corrected chi connectivity index (χ2v) is 6.39. The highest BCUT2D eigenvalue weighted by Crippen LogP contribution is 2.33. The first-order valence-corrected chi connectivity index (χ1v) is 7.78. The van der Waals surface area contributed by atoms with Crippen LogP contribution in [0.5, 0.6) is 0 Å². The van der Waals surface area contributed by atoms with Gasteiger partial charge in [-0.25, -0.2) is 0 Å². The van der Waals surface area contributed by atoms with Crippen LogP contribution in [0.25, 0.3) is 10.9 Å². The van der Waals surface area contributed by atoms with Gasteiger partial charge in [0.1, 0.15) is 0 Å². The lowest BCUT2D eigenvalue weighted by Gasteiger charge is -2.28. The molecule has 1 heterocycles. The number of fused-ring (bicyclic) bond motifs is 1. The maximum absolute atomic E-state index is 8.90. The van der Waals surface area contributed by atoms with E-state index in [-0.39, 0.29) is 0 Å². The lowest BCUT2D eigenvalue weighted by atomic mass is 10.1. The van der Waals surface area contributed by atoms with Crippen LogP contribution in [0.4, 0.5) is 11.4 Å². The summed E-state index contributed by atoms with van der Waals surface area (Å²) < 4.78 is 0.994. The van der Waals surface area contributed by atoms with E-state index in [1.54, 1.807) is 6.20 Å². The van der Waals surface area contributed by atoms with E-state index in [4.69, 9.17) is 11.0 Å². The molecule has 1 aromatic heterocycles. The second kappa shape index (κ2) is 6.77. The number of benzene rings is 1. The summed E-state index contributed by atoms with van der Waals surface area (Å²) in [6.07, 6.45) is 2.18. The Balaban J connectivity index is 2.56. The quantitative estimate of drug-likeness (QED) is 0.889. The molecule has 0 bridgehead atoms. The highest BCUT2D eigenvalue weighted by molar-refractivity contribution is 9.10. The molecule has 5 heteroatoms. The highest BCUT2D eigenvalue weighted by atomic mass is 79.9. The summed E-state index contributed by atoms with van der Waals surface area (Å²) in [5, 5.41) is 9.91.